The lowest BCUT2D eigenvalue weighted by molar-refractivity contribution is 0.549. The molecule has 1 atom stereocenters. The third-order valence-corrected chi connectivity index (χ3v) is 3.69. The summed E-state index contributed by atoms with van der Waals surface area (Å²) < 4.78 is 2.92. The first kappa shape index (κ1) is 14.2. The van der Waals surface area contributed by atoms with E-state index >= 15 is 0 Å². The lowest BCUT2D eigenvalue weighted by Crippen LogP contribution is -2.26. The second kappa shape index (κ2) is 6.30. The second-order valence-electron chi connectivity index (χ2n) is 4.67. The van der Waals surface area contributed by atoms with Crippen LogP contribution in [0.3, 0.4) is 0 Å². The van der Waals surface area contributed by atoms with Gasteiger partial charge in [-0.05, 0) is 43.1 Å². The zero-order chi connectivity index (χ0) is 13.8. The molecule has 2 rings (SSSR count). The van der Waals surface area contributed by atoms with E-state index in [0.29, 0.717) is 0 Å². The molecule has 0 saturated carbocycles. The van der Waals surface area contributed by atoms with Crippen molar-refractivity contribution in [3.05, 3.63) is 45.7 Å². The van der Waals surface area contributed by atoms with Crippen molar-refractivity contribution < 1.29 is 0 Å². The molecular weight excluding hydrogens is 304 g/mol. The van der Waals surface area contributed by atoms with Gasteiger partial charge < -0.3 is 5.32 Å². The molecule has 0 saturated heterocycles. The first-order chi connectivity index (χ1) is 9.13. The van der Waals surface area contributed by atoms with Crippen molar-refractivity contribution in [1.82, 2.24) is 20.3 Å². The smallest absolute Gasteiger partial charge is 0.0798 e. The van der Waals surface area contributed by atoms with Crippen LogP contribution >= 0.6 is 15.9 Å². The average Bonchev–Trinajstić information content (AvgIpc) is 2.80. The minimum atomic E-state index is 0.123. The number of rotatable bonds is 5. The van der Waals surface area contributed by atoms with Crippen LogP contribution in [0, 0.1) is 6.92 Å². The predicted octanol–water partition coefficient (Wildman–Crippen LogP) is 2.98. The zero-order valence-corrected chi connectivity index (χ0v) is 13.1. The molecule has 1 N–H and O–H groups in total. The number of aromatic nitrogens is 3. The molecule has 4 nitrogen and oxygen atoms in total. The molecule has 0 aliphatic rings. The molecule has 1 heterocycles. The van der Waals surface area contributed by atoms with Crippen LogP contribution < -0.4 is 5.32 Å². The van der Waals surface area contributed by atoms with Crippen molar-refractivity contribution in [3.63, 3.8) is 0 Å². The molecule has 102 valence electrons. The van der Waals surface area contributed by atoms with Crippen LogP contribution in [0.15, 0.2) is 28.9 Å². The van der Waals surface area contributed by atoms with Crippen molar-refractivity contribution in [1.29, 1.82) is 0 Å². The molecular formula is C14H19BrN4. The first-order valence-corrected chi connectivity index (χ1v) is 7.26. The average molecular weight is 323 g/mol. The van der Waals surface area contributed by atoms with E-state index in [1.807, 2.05) is 17.9 Å². The Morgan fingerprint density at radius 3 is 2.84 bits per heavy atom. The highest BCUT2D eigenvalue weighted by Gasteiger charge is 2.19. The Balaban J connectivity index is 2.42. The maximum atomic E-state index is 4.04. The fourth-order valence-electron chi connectivity index (χ4n) is 2.14. The molecule has 1 aromatic carbocycles. The number of nitrogens with zero attached hydrogens (tertiary/aromatic N) is 3. The van der Waals surface area contributed by atoms with Gasteiger partial charge in [0.2, 0.25) is 0 Å². The van der Waals surface area contributed by atoms with Crippen LogP contribution in [0.2, 0.25) is 0 Å². The van der Waals surface area contributed by atoms with Crippen molar-refractivity contribution in [2.45, 2.75) is 26.3 Å². The van der Waals surface area contributed by atoms with Gasteiger partial charge in [-0.15, -0.1) is 5.10 Å². The van der Waals surface area contributed by atoms with E-state index in [2.05, 4.69) is 63.6 Å². The molecule has 0 radical (unpaired) electrons. The Labute approximate surface area is 122 Å². The van der Waals surface area contributed by atoms with Crippen LogP contribution in [0.25, 0.3) is 0 Å². The molecule has 1 aromatic heterocycles. The van der Waals surface area contributed by atoms with Gasteiger partial charge in [0.1, 0.15) is 0 Å². The van der Waals surface area contributed by atoms with E-state index in [9.17, 15) is 0 Å². The van der Waals surface area contributed by atoms with E-state index in [4.69, 9.17) is 0 Å². The minimum Gasteiger partial charge on any atom is -0.305 e. The van der Waals surface area contributed by atoms with E-state index < -0.39 is 0 Å². The van der Waals surface area contributed by atoms with E-state index in [-0.39, 0.29) is 6.04 Å². The molecule has 2 aromatic rings. The zero-order valence-electron chi connectivity index (χ0n) is 11.5. The fraction of sp³-hybridized carbons (Fsp3) is 0.429. The van der Waals surface area contributed by atoms with Crippen LogP contribution in [-0.4, -0.2) is 21.5 Å². The van der Waals surface area contributed by atoms with Gasteiger partial charge in [0, 0.05) is 11.5 Å². The van der Waals surface area contributed by atoms with Gasteiger partial charge >= 0.3 is 0 Å². The summed E-state index contributed by atoms with van der Waals surface area (Å²) >= 11 is 3.55. The minimum absolute atomic E-state index is 0.123. The number of hydrogen-bond acceptors (Lipinski definition) is 3. The highest BCUT2D eigenvalue weighted by molar-refractivity contribution is 9.10. The quantitative estimate of drug-likeness (QED) is 0.920. The molecule has 0 fully saturated rings. The SMILES string of the molecule is CCCNC(c1cc(Br)ccc1C)c1cnnn1C. The third-order valence-electron chi connectivity index (χ3n) is 3.20. The number of hydrogen-bond donors (Lipinski definition) is 1. The van der Waals surface area contributed by atoms with Crippen LogP contribution in [0.5, 0.6) is 0 Å². The first-order valence-electron chi connectivity index (χ1n) is 6.47. The van der Waals surface area contributed by atoms with Gasteiger partial charge in [-0.3, -0.25) is 4.68 Å². The van der Waals surface area contributed by atoms with Gasteiger partial charge in [0.05, 0.1) is 17.9 Å². The maximum Gasteiger partial charge on any atom is 0.0798 e. The topological polar surface area (TPSA) is 42.7 Å². The molecule has 0 spiro atoms. The van der Waals surface area contributed by atoms with Crippen molar-refractivity contribution in [3.8, 4) is 0 Å². The van der Waals surface area contributed by atoms with Gasteiger partial charge in [0.15, 0.2) is 0 Å². The van der Waals surface area contributed by atoms with Gasteiger partial charge in [-0.1, -0.05) is 34.1 Å². The molecule has 0 amide bonds. The Bertz CT molecular complexity index is 550. The molecule has 0 aliphatic carbocycles. The summed E-state index contributed by atoms with van der Waals surface area (Å²) in [7, 11) is 1.93. The second-order valence-corrected chi connectivity index (χ2v) is 5.59. The summed E-state index contributed by atoms with van der Waals surface area (Å²) in [5.74, 6) is 0. The summed E-state index contributed by atoms with van der Waals surface area (Å²) in [5, 5.41) is 11.6. The molecule has 0 aliphatic heterocycles. The van der Waals surface area contributed by atoms with Crippen LogP contribution in [0.1, 0.15) is 36.2 Å². The van der Waals surface area contributed by atoms with E-state index in [0.717, 1.165) is 23.1 Å². The van der Waals surface area contributed by atoms with Gasteiger partial charge in [-0.25, -0.2) is 0 Å². The van der Waals surface area contributed by atoms with Crippen LogP contribution in [0.4, 0.5) is 0 Å². The molecule has 0 bridgehead atoms. The summed E-state index contributed by atoms with van der Waals surface area (Å²) in [4.78, 5) is 0. The number of aryl methyl sites for hydroxylation is 2. The highest BCUT2D eigenvalue weighted by atomic mass is 79.9. The number of halogens is 1. The normalized spacial score (nSPS) is 12.6. The van der Waals surface area contributed by atoms with Gasteiger partial charge in [0.25, 0.3) is 0 Å². The Kier molecular flexibility index (Phi) is 4.71. The summed E-state index contributed by atoms with van der Waals surface area (Å²) in [6, 6.07) is 6.48. The summed E-state index contributed by atoms with van der Waals surface area (Å²) in [6.45, 7) is 5.26. The Hall–Kier alpha value is -1.20. The summed E-state index contributed by atoms with van der Waals surface area (Å²) in [6.07, 6.45) is 2.92. The van der Waals surface area contributed by atoms with Crippen LogP contribution in [-0.2, 0) is 7.05 Å². The number of benzene rings is 1. The predicted molar refractivity (Wildman–Crippen MR) is 80.0 cm³/mol. The van der Waals surface area contributed by atoms with E-state index in [1.54, 1.807) is 0 Å². The summed E-state index contributed by atoms with van der Waals surface area (Å²) in [5.41, 5.74) is 3.60. The monoisotopic (exact) mass is 322 g/mol. The third kappa shape index (κ3) is 3.22. The van der Waals surface area contributed by atoms with Crippen molar-refractivity contribution in [2.24, 2.45) is 7.05 Å². The highest BCUT2D eigenvalue weighted by Crippen LogP contribution is 2.26. The van der Waals surface area contributed by atoms with Gasteiger partial charge in [-0.2, -0.15) is 0 Å². The van der Waals surface area contributed by atoms with Crippen molar-refractivity contribution in [2.75, 3.05) is 6.54 Å². The standard InChI is InChI=1S/C14H19BrN4/c1-4-7-16-14(13-9-17-18-19(13)3)12-8-11(15)6-5-10(12)2/h5-6,8-9,14,16H,4,7H2,1-3H3. The van der Waals surface area contributed by atoms with Crippen molar-refractivity contribution >= 4 is 15.9 Å². The molecule has 5 heteroatoms. The number of nitrogens with one attached hydrogen (secondary N) is 1. The van der Waals surface area contributed by atoms with E-state index in [1.165, 1.54) is 11.1 Å². The lowest BCUT2D eigenvalue weighted by Gasteiger charge is -2.21. The largest absolute Gasteiger partial charge is 0.305 e. The maximum absolute atomic E-state index is 4.04. The Morgan fingerprint density at radius 2 is 2.21 bits per heavy atom. The Morgan fingerprint density at radius 1 is 1.42 bits per heavy atom. The fourth-order valence-corrected chi connectivity index (χ4v) is 2.52. The molecule has 19 heavy (non-hydrogen) atoms. The molecule has 1 unspecified atom stereocenters. The lowest BCUT2D eigenvalue weighted by atomic mass is 9.99.